The molecule has 0 aliphatic rings. The number of carbonyl (C=O) groups excluding carboxylic acids is 1. The van der Waals surface area contributed by atoms with Crippen molar-refractivity contribution < 1.29 is 13.9 Å². The van der Waals surface area contributed by atoms with Crippen LogP contribution < -0.4 is 10.1 Å². The maximum Gasteiger partial charge on any atom is 0.225 e. The van der Waals surface area contributed by atoms with Crippen LogP contribution in [0.2, 0.25) is 5.02 Å². The largest absolute Gasteiger partial charge is 0.484 e. The number of hydrogen-bond acceptors (Lipinski definition) is 3. The average Bonchev–Trinajstić information content (AvgIpc) is 3.21. The molecule has 176 valence electrons. The molecule has 3 aromatic carbocycles. The Bertz CT molecular complexity index is 1310. The molecule has 1 N–H and O–H groups in total. The lowest BCUT2D eigenvalue weighted by atomic mass is 9.94. The fourth-order valence-corrected chi connectivity index (χ4v) is 3.90. The van der Waals surface area contributed by atoms with Crippen LogP contribution in [0.3, 0.4) is 0 Å². The van der Waals surface area contributed by atoms with Crippen LogP contribution in [0.15, 0.2) is 72.9 Å². The molecule has 2 atom stereocenters. The van der Waals surface area contributed by atoms with Crippen molar-refractivity contribution >= 4 is 28.4 Å². The summed E-state index contributed by atoms with van der Waals surface area (Å²) in [4.78, 5) is 12.6. The van der Waals surface area contributed by atoms with Crippen LogP contribution >= 0.6 is 11.6 Å². The number of carbonyl (C=O) groups is 1. The predicted molar refractivity (Wildman–Crippen MR) is 133 cm³/mol. The maximum absolute atomic E-state index is 13.3. The molecule has 4 rings (SSSR count). The molecule has 0 saturated heterocycles. The summed E-state index contributed by atoms with van der Waals surface area (Å²) in [5.74, 6) is 0.249. The molecule has 1 heterocycles. The van der Waals surface area contributed by atoms with Gasteiger partial charge in [0.2, 0.25) is 5.91 Å². The molecule has 0 aliphatic carbocycles. The Morgan fingerprint density at radius 3 is 2.47 bits per heavy atom. The highest BCUT2D eigenvalue weighted by Crippen LogP contribution is 2.32. The van der Waals surface area contributed by atoms with Crippen molar-refractivity contribution in [3.05, 3.63) is 89.3 Å². The molecule has 0 radical (unpaired) electrons. The van der Waals surface area contributed by atoms with Gasteiger partial charge in [-0.25, -0.2) is 9.07 Å². The first kappa shape index (κ1) is 23.8. The molecule has 0 aliphatic heterocycles. The van der Waals surface area contributed by atoms with E-state index in [1.165, 1.54) is 12.1 Å². The number of benzene rings is 3. The molecule has 1 amide bonds. The summed E-state index contributed by atoms with van der Waals surface area (Å²) < 4.78 is 21.5. The number of fused-ring (bicyclic) bond motifs is 1. The van der Waals surface area contributed by atoms with Crippen LogP contribution in [-0.4, -0.2) is 21.7 Å². The molecule has 5 nitrogen and oxygen atoms in total. The summed E-state index contributed by atoms with van der Waals surface area (Å²) in [6, 6.07) is 18.9. The van der Waals surface area contributed by atoms with Crippen LogP contribution in [0.1, 0.15) is 39.4 Å². The summed E-state index contributed by atoms with van der Waals surface area (Å²) in [5.41, 5.74) is 1.88. The van der Waals surface area contributed by atoms with Crippen molar-refractivity contribution in [2.45, 2.75) is 39.8 Å². The van der Waals surface area contributed by atoms with Crippen LogP contribution in [-0.2, 0) is 4.79 Å². The minimum atomic E-state index is -0.535. The van der Waals surface area contributed by atoms with Crippen molar-refractivity contribution in [2.75, 3.05) is 0 Å². The lowest BCUT2D eigenvalue weighted by Crippen LogP contribution is -2.44. The molecule has 0 unspecified atom stereocenters. The van der Waals surface area contributed by atoms with E-state index in [0.717, 1.165) is 22.2 Å². The number of halogens is 2. The Labute approximate surface area is 203 Å². The van der Waals surface area contributed by atoms with E-state index < -0.39 is 11.5 Å². The van der Waals surface area contributed by atoms with Gasteiger partial charge in [-0.05, 0) is 55.5 Å². The van der Waals surface area contributed by atoms with E-state index in [-0.39, 0.29) is 17.8 Å². The minimum absolute atomic E-state index is 0.0725. The number of ether oxygens (including phenoxy) is 1. The van der Waals surface area contributed by atoms with Gasteiger partial charge in [-0.3, -0.25) is 4.79 Å². The van der Waals surface area contributed by atoms with Crippen molar-refractivity contribution in [1.82, 2.24) is 15.1 Å². The number of amides is 1. The summed E-state index contributed by atoms with van der Waals surface area (Å²) in [6.45, 7) is 7.51. The van der Waals surface area contributed by atoms with Crippen LogP contribution in [0.5, 0.6) is 5.75 Å². The first-order chi connectivity index (χ1) is 16.1. The minimum Gasteiger partial charge on any atom is -0.484 e. The monoisotopic (exact) mass is 479 g/mol. The van der Waals surface area contributed by atoms with Gasteiger partial charge in [0.15, 0.2) is 0 Å². The van der Waals surface area contributed by atoms with Crippen LogP contribution in [0.25, 0.3) is 16.6 Å². The second kappa shape index (κ2) is 9.47. The lowest BCUT2D eigenvalue weighted by molar-refractivity contribution is -0.129. The van der Waals surface area contributed by atoms with Gasteiger partial charge in [0.05, 0.1) is 23.4 Å². The third-order valence-corrected chi connectivity index (χ3v) is 5.92. The van der Waals surface area contributed by atoms with E-state index in [4.69, 9.17) is 16.3 Å². The fraction of sp³-hybridized carbons (Fsp3) is 0.259. The van der Waals surface area contributed by atoms with Gasteiger partial charge >= 0.3 is 0 Å². The maximum atomic E-state index is 13.3. The Hall–Kier alpha value is -3.38. The van der Waals surface area contributed by atoms with E-state index in [1.54, 1.807) is 23.0 Å². The summed E-state index contributed by atoms with van der Waals surface area (Å²) in [6.07, 6.45) is 1.23. The topological polar surface area (TPSA) is 56.1 Å². The van der Waals surface area contributed by atoms with Gasteiger partial charge in [0.25, 0.3) is 0 Å². The van der Waals surface area contributed by atoms with Gasteiger partial charge in [-0.15, -0.1) is 0 Å². The van der Waals surface area contributed by atoms with Crippen LogP contribution in [0, 0.1) is 11.2 Å². The van der Waals surface area contributed by atoms with Crippen LogP contribution in [0.4, 0.5) is 4.39 Å². The summed E-state index contributed by atoms with van der Waals surface area (Å²) >= 11 is 6.50. The van der Waals surface area contributed by atoms with Crippen molar-refractivity contribution in [3.63, 3.8) is 0 Å². The first-order valence-corrected chi connectivity index (χ1v) is 11.5. The van der Waals surface area contributed by atoms with Gasteiger partial charge < -0.3 is 10.1 Å². The molecular weight excluding hydrogens is 453 g/mol. The highest BCUT2D eigenvalue weighted by Gasteiger charge is 2.29. The molecule has 0 bridgehead atoms. The Morgan fingerprint density at radius 2 is 1.79 bits per heavy atom. The second-order valence-corrected chi connectivity index (χ2v) is 9.73. The molecule has 0 fully saturated rings. The van der Waals surface area contributed by atoms with Crippen molar-refractivity contribution in [1.29, 1.82) is 0 Å². The third-order valence-electron chi connectivity index (χ3n) is 5.58. The van der Waals surface area contributed by atoms with E-state index in [0.29, 0.717) is 10.8 Å². The lowest BCUT2D eigenvalue weighted by Gasteiger charge is -2.29. The summed E-state index contributed by atoms with van der Waals surface area (Å²) in [5, 5.41) is 8.94. The smallest absolute Gasteiger partial charge is 0.225 e. The highest BCUT2D eigenvalue weighted by molar-refractivity contribution is 6.31. The molecule has 0 spiro atoms. The average molecular weight is 480 g/mol. The van der Waals surface area contributed by atoms with Crippen molar-refractivity contribution in [3.8, 4) is 11.4 Å². The molecule has 1 aromatic heterocycles. The summed E-state index contributed by atoms with van der Waals surface area (Å²) in [7, 11) is 0. The zero-order valence-electron chi connectivity index (χ0n) is 19.5. The molecule has 4 aromatic rings. The quantitative estimate of drug-likeness (QED) is 0.344. The number of hydrogen-bond donors (Lipinski definition) is 1. The number of aromatic nitrogens is 2. The molecular formula is C27H27ClFN3O2. The van der Waals surface area contributed by atoms with Crippen molar-refractivity contribution in [2.24, 2.45) is 5.41 Å². The highest BCUT2D eigenvalue weighted by atomic mass is 35.5. The third kappa shape index (κ3) is 5.07. The Morgan fingerprint density at radius 1 is 1.09 bits per heavy atom. The zero-order chi connectivity index (χ0) is 24.5. The number of nitrogens with one attached hydrogen (secondary N) is 1. The van der Waals surface area contributed by atoms with Gasteiger partial charge in [-0.2, -0.15) is 5.10 Å². The van der Waals surface area contributed by atoms with E-state index in [2.05, 4.69) is 10.4 Å². The van der Waals surface area contributed by atoms with E-state index in [1.807, 2.05) is 70.2 Å². The molecule has 34 heavy (non-hydrogen) atoms. The van der Waals surface area contributed by atoms with Gasteiger partial charge in [0, 0.05) is 21.4 Å². The van der Waals surface area contributed by atoms with Gasteiger partial charge in [0.1, 0.15) is 17.7 Å². The molecule has 7 heteroatoms. The second-order valence-electron chi connectivity index (χ2n) is 9.33. The van der Waals surface area contributed by atoms with Gasteiger partial charge in [-0.1, -0.05) is 50.6 Å². The fourth-order valence-electron chi connectivity index (χ4n) is 3.66. The standard InChI is InChI=1S/C27H27ClFN3O2/c1-17(31-26(33)27(2,3)4)25(22-7-5-6-8-23(22)28)34-21-13-14-24-18(15-21)16-30-32(24)20-11-9-19(29)10-12-20/h5-17,25H,1-4H3,(H,31,33)/t17-,25-/m0/s1. The SMILES string of the molecule is C[C@H](NC(=O)C(C)(C)C)[C@H](Oc1ccc2c(cnn2-c2ccc(F)cc2)c1)c1ccccc1Cl. The number of nitrogens with zero attached hydrogens (tertiary/aromatic N) is 2. The van der Waals surface area contributed by atoms with E-state index in [9.17, 15) is 9.18 Å². The normalized spacial score (nSPS) is 13.5. The number of rotatable bonds is 6. The Balaban J connectivity index is 1.65. The molecule has 0 saturated carbocycles. The Kier molecular flexibility index (Phi) is 6.62. The first-order valence-electron chi connectivity index (χ1n) is 11.1. The predicted octanol–water partition coefficient (Wildman–Crippen LogP) is 6.49. The zero-order valence-corrected chi connectivity index (χ0v) is 20.3. The van der Waals surface area contributed by atoms with E-state index >= 15 is 0 Å².